The Bertz CT molecular complexity index is 1210. The van der Waals surface area contributed by atoms with Gasteiger partial charge >= 0.3 is 5.97 Å². The number of aliphatic carboxylic acids is 1. The second-order valence-electron chi connectivity index (χ2n) is 8.66. The van der Waals surface area contributed by atoms with Gasteiger partial charge < -0.3 is 19.9 Å². The van der Waals surface area contributed by atoms with E-state index in [1.54, 1.807) is 0 Å². The minimum Gasteiger partial charge on any atom is -0.486 e. The minimum atomic E-state index is -0.875. The molecule has 3 aromatic carbocycles. The van der Waals surface area contributed by atoms with Crippen molar-refractivity contribution in [3.63, 3.8) is 0 Å². The van der Waals surface area contributed by atoms with Crippen LogP contribution in [0.1, 0.15) is 35.1 Å². The van der Waals surface area contributed by atoms with Gasteiger partial charge in [-0.3, -0.25) is 4.79 Å². The van der Waals surface area contributed by atoms with Gasteiger partial charge in [-0.05, 0) is 84.8 Å². The van der Waals surface area contributed by atoms with Crippen molar-refractivity contribution < 1.29 is 28.2 Å². The van der Waals surface area contributed by atoms with Crippen molar-refractivity contribution in [2.24, 2.45) is 0 Å². The zero-order chi connectivity index (χ0) is 24.8. The molecule has 3 aromatic rings. The molecule has 0 bridgehead atoms. The van der Waals surface area contributed by atoms with Crippen LogP contribution in [-0.4, -0.2) is 30.8 Å². The highest BCUT2D eigenvalue weighted by Crippen LogP contribution is 2.36. The molecule has 2 N–H and O–H groups in total. The van der Waals surface area contributed by atoms with Crippen LogP contribution in [-0.2, 0) is 24.2 Å². The average molecular weight is 482 g/mol. The Balaban J connectivity index is 1.42. The van der Waals surface area contributed by atoms with Crippen LogP contribution >= 0.6 is 0 Å². The lowest BCUT2D eigenvalue weighted by Gasteiger charge is -2.19. The number of carboxylic acids is 1. The highest BCUT2D eigenvalue weighted by atomic mass is 19.1. The quantitative estimate of drug-likeness (QED) is 0.377. The van der Waals surface area contributed by atoms with E-state index in [-0.39, 0.29) is 18.5 Å². The van der Waals surface area contributed by atoms with Gasteiger partial charge in [0.05, 0.1) is 0 Å². The highest BCUT2D eigenvalue weighted by Gasteiger charge is 2.15. The first-order valence-electron chi connectivity index (χ1n) is 11.8. The molecule has 0 saturated heterocycles. The van der Waals surface area contributed by atoms with Crippen LogP contribution in [0, 0.1) is 18.6 Å². The van der Waals surface area contributed by atoms with Crippen LogP contribution < -0.4 is 14.8 Å². The summed E-state index contributed by atoms with van der Waals surface area (Å²) in [6.45, 7) is 3.68. The van der Waals surface area contributed by atoms with Gasteiger partial charge in [-0.2, -0.15) is 0 Å². The zero-order valence-electron chi connectivity index (χ0n) is 19.7. The summed E-state index contributed by atoms with van der Waals surface area (Å²) in [4.78, 5) is 10.5. The molecule has 0 saturated carbocycles. The standard InChI is InChI=1S/C28H29F2NO4/c1-18-19(4-2-5-23(18)20-9-10-26-27(16-20)35-13-12-34-26)7-8-21-14-25(30)22(15-24(21)29)17-31-11-3-6-28(32)33/h2,4-5,9-10,14-16,31H,3,6-8,11-13,17H2,1H3,(H,32,33). The Hall–Kier alpha value is -3.45. The number of benzene rings is 3. The normalized spacial score (nSPS) is 12.5. The molecule has 1 aliphatic rings. The van der Waals surface area contributed by atoms with E-state index in [0.717, 1.165) is 33.8 Å². The number of hydrogen-bond donors (Lipinski definition) is 2. The molecule has 4 rings (SSSR count). The number of fused-ring (bicyclic) bond motifs is 1. The number of nitrogens with one attached hydrogen (secondary N) is 1. The number of hydrogen-bond acceptors (Lipinski definition) is 4. The summed E-state index contributed by atoms with van der Waals surface area (Å²) in [5.74, 6) is -0.304. The monoisotopic (exact) mass is 481 g/mol. The number of halogens is 2. The smallest absolute Gasteiger partial charge is 0.303 e. The molecule has 1 aliphatic heterocycles. The van der Waals surface area contributed by atoms with Gasteiger partial charge in [-0.1, -0.05) is 24.3 Å². The molecule has 5 nitrogen and oxygen atoms in total. The third-order valence-corrected chi connectivity index (χ3v) is 6.24. The van der Waals surface area contributed by atoms with Crippen molar-refractivity contribution in [3.05, 3.63) is 82.4 Å². The lowest BCUT2D eigenvalue weighted by atomic mass is 9.93. The van der Waals surface area contributed by atoms with E-state index in [4.69, 9.17) is 14.6 Å². The van der Waals surface area contributed by atoms with Crippen LogP contribution in [0.3, 0.4) is 0 Å². The second-order valence-corrected chi connectivity index (χ2v) is 8.66. The van der Waals surface area contributed by atoms with Crippen LogP contribution in [0.25, 0.3) is 11.1 Å². The molecule has 184 valence electrons. The lowest BCUT2D eigenvalue weighted by molar-refractivity contribution is -0.137. The third-order valence-electron chi connectivity index (χ3n) is 6.24. The summed E-state index contributed by atoms with van der Waals surface area (Å²) in [6, 6.07) is 14.4. The number of carboxylic acid groups (broad SMARTS) is 1. The number of rotatable bonds is 10. The number of aryl methyl sites for hydroxylation is 2. The van der Waals surface area contributed by atoms with E-state index in [1.165, 1.54) is 12.1 Å². The molecule has 0 aromatic heterocycles. The molecular weight excluding hydrogens is 452 g/mol. The van der Waals surface area contributed by atoms with E-state index in [2.05, 4.69) is 5.32 Å². The maximum absolute atomic E-state index is 14.7. The molecule has 0 spiro atoms. The zero-order valence-corrected chi connectivity index (χ0v) is 19.7. The molecule has 1 heterocycles. The Kier molecular flexibility index (Phi) is 7.98. The predicted octanol–water partition coefficient (Wildman–Crippen LogP) is 5.45. The largest absolute Gasteiger partial charge is 0.486 e. The Morgan fingerprint density at radius 3 is 2.46 bits per heavy atom. The van der Waals surface area contributed by atoms with Gasteiger partial charge in [0.2, 0.25) is 0 Å². The first kappa shape index (κ1) is 24.7. The van der Waals surface area contributed by atoms with E-state index in [0.29, 0.717) is 44.6 Å². The fourth-order valence-corrected chi connectivity index (χ4v) is 4.29. The molecular formula is C28H29F2NO4. The molecule has 0 atom stereocenters. The molecule has 0 aliphatic carbocycles. The summed E-state index contributed by atoms with van der Waals surface area (Å²) in [5.41, 5.74) is 4.81. The fraction of sp³-hybridized carbons (Fsp3) is 0.321. The second kappa shape index (κ2) is 11.3. The van der Waals surface area contributed by atoms with Crippen molar-refractivity contribution in [2.45, 2.75) is 39.2 Å². The third kappa shape index (κ3) is 6.17. The summed E-state index contributed by atoms with van der Waals surface area (Å²) in [7, 11) is 0. The Morgan fingerprint density at radius 1 is 0.943 bits per heavy atom. The van der Waals surface area contributed by atoms with Crippen LogP contribution in [0.15, 0.2) is 48.5 Å². The van der Waals surface area contributed by atoms with Gasteiger partial charge in [0.1, 0.15) is 24.8 Å². The average Bonchev–Trinajstić information content (AvgIpc) is 2.85. The topological polar surface area (TPSA) is 67.8 Å². The first-order valence-corrected chi connectivity index (χ1v) is 11.8. The van der Waals surface area contributed by atoms with E-state index in [1.807, 2.05) is 43.3 Å². The van der Waals surface area contributed by atoms with Crippen LogP contribution in [0.2, 0.25) is 0 Å². The predicted molar refractivity (Wildman–Crippen MR) is 130 cm³/mol. The van der Waals surface area contributed by atoms with Gasteiger partial charge in [0.25, 0.3) is 0 Å². The molecule has 0 unspecified atom stereocenters. The molecule has 35 heavy (non-hydrogen) atoms. The van der Waals surface area contributed by atoms with E-state index < -0.39 is 17.6 Å². The van der Waals surface area contributed by atoms with Crippen molar-refractivity contribution in [1.82, 2.24) is 5.32 Å². The van der Waals surface area contributed by atoms with Crippen molar-refractivity contribution >= 4 is 5.97 Å². The van der Waals surface area contributed by atoms with Gasteiger partial charge in [-0.25, -0.2) is 8.78 Å². The lowest BCUT2D eigenvalue weighted by Crippen LogP contribution is -2.17. The maximum atomic E-state index is 14.7. The summed E-state index contributed by atoms with van der Waals surface area (Å²) in [5, 5.41) is 11.6. The van der Waals surface area contributed by atoms with Crippen molar-refractivity contribution in [2.75, 3.05) is 19.8 Å². The fourth-order valence-electron chi connectivity index (χ4n) is 4.29. The molecule has 0 fully saturated rings. The van der Waals surface area contributed by atoms with Gasteiger partial charge in [0.15, 0.2) is 11.5 Å². The Labute approximate surface area is 203 Å². The van der Waals surface area contributed by atoms with Crippen LogP contribution in [0.4, 0.5) is 8.78 Å². The highest BCUT2D eigenvalue weighted by molar-refractivity contribution is 5.71. The molecule has 0 radical (unpaired) electrons. The maximum Gasteiger partial charge on any atom is 0.303 e. The van der Waals surface area contributed by atoms with Crippen molar-refractivity contribution in [3.8, 4) is 22.6 Å². The van der Waals surface area contributed by atoms with Gasteiger partial charge in [-0.15, -0.1) is 0 Å². The molecule has 0 amide bonds. The summed E-state index contributed by atoms with van der Waals surface area (Å²) >= 11 is 0. The summed E-state index contributed by atoms with van der Waals surface area (Å²) in [6.07, 6.45) is 1.42. The number of carbonyl (C=O) groups is 1. The first-order chi connectivity index (χ1) is 16.9. The van der Waals surface area contributed by atoms with E-state index >= 15 is 0 Å². The van der Waals surface area contributed by atoms with Gasteiger partial charge in [0, 0.05) is 18.5 Å². The van der Waals surface area contributed by atoms with Crippen molar-refractivity contribution in [1.29, 1.82) is 0 Å². The SMILES string of the molecule is Cc1c(CCc2cc(F)c(CNCCCC(=O)O)cc2F)cccc1-c1ccc2c(c1)OCCO2. The van der Waals surface area contributed by atoms with E-state index in [9.17, 15) is 13.6 Å². The van der Waals surface area contributed by atoms with Crippen LogP contribution in [0.5, 0.6) is 11.5 Å². The Morgan fingerprint density at radius 2 is 1.66 bits per heavy atom. The summed E-state index contributed by atoms with van der Waals surface area (Å²) < 4.78 is 40.6. The minimum absolute atomic E-state index is 0.0397. The molecule has 7 heteroatoms. The number of ether oxygens (including phenoxy) is 2.